The van der Waals surface area contributed by atoms with Gasteiger partial charge in [-0.15, -0.1) is 0 Å². The van der Waals surface area contributed by atoms with Crippen LogP contribution in [0.1, 0.15) is 75.0 Å². The number of rotatable bonds is 7. The number of carbonyl (C=O) groups is 2. The van der Waals surface area contributed by atoms with Crippen LogP contribution in [0.2, 0.25) is 0 Å². The molecule has 1 aromatic heterocycles. The first-order chi connectivity index (χ1) is 16.9. The summed E-state index contributed by atoms with van der Waals surface area (Å²) in [5.41, 5.74) is 4.02. The molecule has 2 aromatic rings. The quantitative estimate of drug-likeness (QED) is 0.627. The molecule has 2 aliphatic rings. The van der Waals surface area contributed by atoms with E-state index in [0.717, 1.165) is 55.5 Å². The summed E-state index contributed by atoms with van der Waals surface area (Å²) < 4.78 is 0. The van der Waals surface area contributed by atoms with Crippen molar-refractivity contribution >= 4 is 11.8 Å². The smallest absolute Gasteiger partial charge is 0.246 e. The van der Waals surface area contributed by atoms with Crippen molar-refractivity contribution in [2.24, 2.45) is 5.92 Å². The number of amides is 2. The molecule has 3 atom stereocenters. The van der Waals surface area contributed by atoms with E-state index in [-0.39, 0.29) is 29.8 Å². The number of nitrogens with one attached hydrogen (secondary N) is 2. The number of hydrogen-bond donors (Lipinski definition) is 2. The molecule has 1 aromatic carbocycles. The fraction of sp³-hybridized carbons (Fsp3) is 0.571. The zero-order valence-electron chi connectivity index (χ0n) is 21.5. The van der Waals surface area contributed by atoms with E-state index in [1.165, 1.54) is 12.0 Å². The van der Waals surface area contributed by atoms with E-state index in [9.17, 15) is 9.59 Å². The van der Waals surface area contributed by atoms with Gasteiger partial charge in [0.1, 0.15) is 11.9 Å². The van der Waals surface area contributed by atoms with Crippen molar-refractivity contribution in [1.29, 1.82) is 0 Å². The molecule has 1 aliphatic heterocycles. The summed E-state index contributed by atoms with van der Waals surface area (Å²) in [6, 6.07) is 9.43. The molecule has 3 unspecified atom stereocenters. The number of benzene rings is 1. The number of likely N-dealkylation sites (N-methyl/N-ethyl adjacent to an activating group) is 1. The molecule has 2 N–H and O–H groups in total. The Bertz CT molecular complexity index is 1030. The van der Waals surface area contributed by atoms with E-state index >= 15 is 0 Å². The fourth-order valence-electron chi connectivity index (χ4n) is 5.41. The van der Waals surface area contributed by atoms with Gasteiger partial charge in [0.25, 0.3) is 0 Å². The average Bonchev–Trinajstić information content (AvgIpc) is 3.37. The van der Waals surface area contributed by atoms with Gasteiger partial charge in [0.15, 0.2) is 0 Å². The van der Waals surface area contributed by atoms with Gasteiger partial charge in [-0.05, 0) is 65.5 Å². The highest BCUT2D eigenvalue weighted by atomic mass is 16.2. The van der Waals surface area contributed by atoms with Crippen molar-refractivity contribution in [3.8, 4) is 11.3 Å². The van der Waals surface area contributed by atoms with Gasteiger partial charge in [-0.2, -0.15) is 0 Å². The van der Waals surface area contributed by atoms with Gasteiger partial charge in [-0.3, -0.25) is 9.59 Å². The summed E-state index contributed by atoms with van der Waals surface area (Å²) in [5.74, 6) is 0.800. The van der Waals surface area contributed by atoms with Gasteiger partial charge >= 0.3 is 0 Å². The Balaban J connectivity index is 1.61. The minimum atomic E-state index is -0.487. The summed E-state index contributed by atoms with van der Waals surface area (Å²) in [7, 11) is 1.77. The van der Waals surface area contributed by atoms with Crippen LogP contribution in [0.3, 0.4) is 0 Å². The maximum absolute atomic E-state index is 14.0. The third-order valence-electron chi connectivity index (χ3n) is 7.59. The van der Waals surface area contributed by atoms with Crippen molar-refractivity contribution in [2.45, 2.75) is 83.8 Å². The van der Waals surface area contributed by atoms with Crippen LogP contribution in [0.25, 0.3) is 11.3 Å². The molecule has 2 amide bonds. The summed E-state index contributed by atoms with van der Waals surface area (Å²) in [6.07, 6.45) is 7.18. The lowest BCUT2D eigenvalue weighted by atomic mass is 9.83. The Morgan fingerprint density at radius 2 is 1.71 bits per heavy atom. The monoisotopic (exact) mass is 477 g/mol. The largest absolute Gasteiger partial charge is 0.343 e. The zero-order chi connectivity index (χ0) is 24.9. The Morgan fingerprint density at radius 1 is 1.00 bits per heavy atom. The van der Waals surface area contributed by atoms with Gasteiger partial charge in [0, 0.05) is 12.1 Å². The molecule has 2 heterocycles. The van der Waals surface area contributed by atoms with Gasteiger partial charge < -0.3 is 15.5 Å². The van der Waals surface area contributed by atoms with Crippen LogP contribution in [0, 0.1) is 19.8 Å². The van der Waals surface area contributed by atoms with Crippen LogP contribution >= 0.6 is 0 Å². The van der Waals surface area contributed by atoms with Crippen molar-refractivity contribution in [2.75, 3.05) is 13.6 Å². The number of likely N-dealkylation sites (tertiary alicyclic amines) is 1. The first kappa shape index (κ1) is 25.3. The van der Waals surface area contributed by atoms with Crippen LogP contribution in [-0.2, 0) is 9.59 Å². The summed E-state index contributed by atoms with van der Waals surface area (Å²) in [5, 5.41) is 6.11. The summed E-state index contributed by atoms with van der Waals surface area (Å²) in [4.78, 5) is 38.2. The predicted molar refractivity (Wildman–Crippen MR) is 138 cm³/mol. The molecule has 1 saturated heterocycles. The highest BCUT2D eigenvalue weighted by Gasteiger charge is 2.39. The zero-order valence-corrected chi connectivity index (χ0v) is 21.5. The third kappa shape index (κ3) is 5.89. The lowest BCUT2D eigenvalue weighted by Gasteiger charge is -2.35. The maximum atomic E-state index is 14.0. The van der Waals surface area contributed by atoms with Crippen LogP contribution in [0.5, 0.6) is 0 Å². The normalized spacial score (nSPS) is 20.5. The lowest BCUT2D eigenvalue weighted by Crippen LogP contribution is -2.55. The van der Waals surface area contributed by atoms with E-state index in [1.54, 1.807) is 7.05 Å². The second kappa shape index (κ2) is 11.3. The first-order valence-electron chi connectivity index (χ1n) is 13.1. The number of nitrogens with zero attached hydrogens (tertiary/aromatic N) is 3. The van der Waals surface area contributed by atoms with Crippen LogP contribution in [0.15, 0.2) is 30.3 Å². The van der Waals surface area contributed by atoms with Gasteiger partial charge in [0.2, 0.25) is 11.8 Å². The van der Waals surface area contributed by atoms with Gasteiger partial charge in [0.05, 0.1) is 23.5 Å². The average molecular weight is 478 g/mol. The molecule has 2 fully saturated rings. The molecular weight excluding hydrogens is 438 g/mol. The second-order valence-electron chi connectivity index (χ2n) is 10.2. The predicted octanol–water partition coefficient (Wildman–Crippen LogP) is 4.10. The molecule has 35 heavy (non-hydrogen) atoms. The number of aromatic nitrogens is 2. The van der Waals surface area contributed by atoms with Crippen molar-refractivity contribution < 1.29 is 9.59 Å². The number of carbonyl (C=O) groups excluding carboxylic acids is 2. The highest BCUT2D eigenvalue weighted by Crippen LogP contribution is 2.35. The maximum Gasteiger partial charge on any atom is 0.246 e. The Kier molecular flexibility index (Phi) is 8.16. The van der Waals surface area contributed by atoms with Crippen molar-refractivity contribution in [1.82, 2.24) is 25.5 Å². The minimum Gasteiger partial charge on any atom is -0.343 e. The van der Waals surface area contributed by atoms with Gasteiger partial charge in [-0.1, -0.05) is 49.1 Å². The van der Waals surface area contributed by atoms with Gasteiger partial charge in [-0.25, -0.2) is 9.97 Å². The van der Waals surface area contributed by atoms with E-state index in [0.29, 0.717) is 12.4 Å². The minimum absolute atomic E-state index is 0.0317. The standard InChI is InChI=1S/C28H39N5O2/c1-18-12-14-21(15-13-18)23-17-24(31-20(3)30-23)25-11-8-16-33(25)28(35)26(22-9-6-5-7-10-22)32-27(34)19(2)29-4/h12-15,17,19,22,25-26,29H,5-11,16H2,1-4H3,(H,32,34). The molecule has 1 aliphatic carbocycles. The topological polar surface area (TPSA) is 87.2 Å². The van der Waals surface area contributed by atoms with Crippen LogP contribution < -0.4 is 10.6 Å². The summed E-state index contributed by atoms with van der Waals surface area (Å²) >= 11 is 0. The molecule has 0 radical (unpaired) electrons. The van der Waals surface area contributed by atoms with E-state index in [1.807, 2.05) is 24.8 Å². The molecule has 1 saturated carbocycles. The van der Waals surface area contributed by atoms with E-state index in [2.05, 4.69) is 46.8 Å². The van der Waals surface area contributed by atoms with Crippen LogP contribution in [0.4, 0.5) is 0 Å². The van der Waals surface area contributed by atoms with Crippen LogP contribution in [-0.4, -0.2) is 52.4 Å². The third-order valence-corrected chi connectivity index (χ3v) is 7.59. The number of aryl methyl sites for hydroxylation is 2. The molecule has 188 valence electrons. The number of hydrogen-bond acceptors (Lipinski definition) is 5. The highest BCUT2D eigenvalue weighted by molar-refractivity contribution is 5.90. The first-order valence-corrected chi connectivity index (χ1v) is 13.1. The molecule has 7 heteroatoms. The van der Waals surface area contributed by atoms with E-state index in [4.69, 9.17) is 4.98 Å². The fourth-order valence-corrected chi connectivity index (χ4v) is 5.41. The van der Waals surface area contributed by atoms with Crippen molar-refractivity contribution in [3.63, 3.8) is 0 Å². The van der Waals surface area contributed by atoms with E-state index < -0.39 is 6.04 Å². The molecule has 0 spiro atoms. The molecule has 7 nitrogen and oxygen atoms in total. The summed E-state index contributed by atoms with van der Waals surface area (Å²) in [6.45, 7) is 6.49. The molecule has 0 bridgehead atoms. The lowest BCUT2D eigenvalue weighted by molar-refractivity contribution is -0.139. The van der Waals surface area contributed by atoms with Crippen molar-refractivity contribution in [3.05, 3.63) is 47.4 Å². The SMILES string of the molecule is CNC(C)C(=O)NC(C(=O)N1CCCC1c1cc(-c2ccc(C)cc2)nc(C)n1)C1CCCCC1. The Labute approximate surface area is 209 Å². The second-order valence-corrected chi connectivity index (χ2v) is 10.2. The molecular formula is C28H39N5O2. The molecule has 4 rings (SSSR count). The Hall–Kier alpha value is -2.80. The Morgan fingerprint density at radius 3 is 2.40 bits per heavy atom.